The molecule has 5 nitrogen and oxygen atoms in total. The maximum absolute atomic E-state index is 11.0. The van der Waals surface area contributed by atoms with Crippen LogP contribution in [0.2, 0.25) is 0 Å². The quantitative estimate of drug-likeness (QED) is 0.737. The molecule has 1 aromatic carbocycles. The number of hydrogen-bond donors (Lipinski definition) is 1. The first-order valence-corrected chi connectivity index (χ1v) is 4.61. The Morgan fingerprint density at radius 3 is 2.62 bits per heavy atom. The Balaban J connectivity index is 2.37. The standard InChI is InChI=1S/C11H11NO4/c12-5-6-15-11(14)8-16-10-3-1-9(7-13)2-4-10/h1-4,13H,6-8H2. The van der Waals surface area contributed by atoms with E-state index in [0.29, 0.717) is 5.75 Å². The molecule has 0 radical (unpaired) electrons. The number of benzene rings is 1. The average Bonchev–Trinajstić information content (AvgIpc) is 2.34. The summed E-state index contributed by atoms with van der Waals surface area (Å²) in [6.07, 6.45) is 0. The van der Waals surface area contributed by atoms with Gasteiger partial charge in [-0.3, -0.25) is 0 Å². The van der Waals surface area contributed by atoms with Crippen molar-refractivity contribution in [2.24, 2.45) is 0 Å². The molecule has 16 heavy (non-hydrogen) atoms. The molecule has 0 aliphatic heterocycles. The van der Waals surface area contributed by atoms with Gasteiger partial charge < -0.3 is 14.6 Å². The van der Waals surface area contributed by atoms with Gasteiger partial charge in [-0.15, -0.1) is 0 Å². The minimum Gasteiger partial charge on any atom is -0.482 e. The number of nitrogens with zero attached hydrogens (tertiary/aromatic N) is 1. The molecule has 84 valence electrons. The van der Waals surface area contributed by atoms with Crippen LogP contribution in [-0.4, -0.2) is 24.3 Å². The van der Waals surface area contributed by atoms with Gasteiger partial charge in [-0.05, 0) is 17.7 Å². The fourth-order valence-corrected chi connectivity index (χ4v) is 0.988. The first-order chi connectivity index (χ1) is 7.76. The molecule has 0 aliphatic rings. The van der Waals surface area contributed by atoms with Crippen LogP contribution >= 0.6 is 0 Å². The molecule has 0 unspecified atom stereocenters. The molecule has 5 heteroatoms. The maximum Gasteiger partial charge on any atom is 0.345 e. The van der Waals surface area contributed by atoms with E-state index in [1.54, 1.807) is 30.3 Å². The van der Waals surface area contributed by atoms with E-state index >= 15 is 0 Å². The van der Waals surface area contributed by atoms with Crippen LogP contribution in [0.1, 0.15) is 5.56 Å². The van der Waals surface area contributed by atoms with Gasteiger partial charge >= 0.3 is 5.97 Å². The van der Waals surface area contributed by atoms with Crippen molar-refractivity contribution < 1.29 is 19.4 Å². The Labute approximate surface area is 92.8 Å². The van der Waals surface area contributed by atoms with Crippen LogP contribution in [-0.2, 0) is 16.1 Å². The second kappa shape index (κ2) is 6.43. The summed E-state index contributed by atoms with van der Waals surface area (Å²) in [5, 5.41) is 17.0. The summed E-state index contributed by atoms with van der Waals surface area (Å²) in [5.74, 6) is -0.0844. The zero-order chi connectivity index (χ0) is 11.8. The van der Waals surface area contributed by atoms with Crippen molar-refractivity contribution in [3.8, 4) is 11.8 Å². The van der Waals surface area contributed by atoms with Crippen molar-refractivity contribution in [3.63, 3.8) is 0 Å². The molecular weight excluding hydrogens is 210 g/mol. The number of ether oxygens (including phenoxy) is 2. The van der Waals surface area contributed by atoms with Crippen molar-refractivity contribution in [1.82, 2.24) is 0 Å². The molecule has 0 saturated heterocycles. The van der Waals surface area contributed by atoms with Gasteiger partial charge in [0.15, 0.2) is 13.2 Å². The van der Waals surface area contributed by atoms with Crippen LogP contribution in [0.5, 0.6) is 5.75 Å². The monoisotopic (exact) mass is 221 g/mol. The third-order valence-corrected chi connectivity index (χ3v) is 1.76. The van der Waals surface area contributed by atoms with Gasteiger partial charge in [0, 0.05) is 0 Å². The molecule has 1 aromatic rings. The van der Waals surface area contributed by atoms with Gasteiger partial charge in [0.25, 0.3) is 0 Å². The van der Waals surface area contributed by atoms with Crippen LogP contribution < -0.4 is 4.74 Å². The largest absolute Gasteiger partial charge is 0.482 e. The Kier molecular flexibility index (Phi) is 4.83. The van der Waals surface area contributed by atoms with E-state index in [1.807, 2.05) is 0 Å². The van der Waals surface area contributed by atoms with Gasteiger partial charge in [0.05, 0.1) is 6.61 Å². The highest BCUT2D eigenvalue weighted by molar-refractivity contribution is 5.71. The van der Waals surface area contributed by atoms with Crippen LogP contribution in [0.4, 0.5) is 0 Å². The second-order valence-electron chi connectivity index (χ2n) is 2.91. The van der Waals surface area contributed by atoms with Gasteiger partial charge in [0.2, 0.25) is 0 Å². The molecule has 0 heterocycles. The van der Waals surface area contributed by atoms with Gasteiger partial charge in [-0.1, -0.05) is 12.1 Å². The predicted octanol–water partition coefficient (Wildman–Crippen LogP) is 0.624. The van der Waals surface area contributed by atoms with E-state index in [9.17, 15) is 4.79 Å². The third kappa shape index (κ3) is 3.98. The maximum atomic E-state index is 11.0. The number of hydrogen-bond acceptors (Lipinski definition) is 5. The van der Waals surface area contributed by atoms with Crippen LogP contribution in [0.25, 0.3) is 0 Å². The Bertz CT molecular complexity index is 380. The van der Waals surface area contributed by atoms with Crippen molar-refractivity contribution in [2.45, 2.75) is 6.61 Å². The molecule has 0 spiro atoms. The lowest BCUT2D eigenvalue weighted by Gasteiger charge is -2.05. The molecule has 0 fully saturated rings. The molecule has 0 aromatic heterocycles. The minimum atomic E-state index is -0.590. The number of aliphatic hydroxyl groups is 1. The number of carbonyl (C=O) groups is 1. The molecule has 0 bridgehead atoms. The summed E-state index contributed by atoms with van der Waals surface area (Å²) in [6, 6.07) is 8.35. The second-order valence-corrected chi connectivity index (χ2v) is 2.91. The fourth-order valence-electron chi connectivity index (χ4n) is 0.988. The number of carbonyl (C=O) groups excluding carboxylic acids is 1. The van der Waals surface area contributed by atoms with E-state index in [1.165, 1.54) is 0 Å². The van der Waals surface area contributed by atoms with E-state index < -0.39 is 5.97 Å². The predicted molar refractivity (Wildman–Crippen MR) is 54.4 cm³/mol. The summed E-state index contributed by atoms with van der Waals surface area (Å²) in [7, 11) is 0. The minimum absolute atomic E-state index is 0.0372. The first-order valence-electron chi connectivity index (χ1n) is 4.61. The average molecular weight is 221 g/mol. The number of aliphatic hydroxyl groups excluding tert-OH is 1. The number of esters is 1. The molecule has 0 amide bonds. The highest BCUT2D eigenvalue weighted by atomic mass is 16.6. The third-order valence-electron chi connectivity index (χ3n) is 1.76. The highest BCUT2D eigenvalue weighted by Crippen LogP contribution is 2.11. The van der Waals surface area contributed by atoms with E-state index in [0.717, 1.165) is 5.56 Å². The van der Waals surface area contributed by atoms with Crippen molar-refractivity contribution in [2.75, 3.05) is 13.2 Å². The lowest BCUT2D eigenvalue weighted by atomic mass is 10.2. The van der Waals surface area contributed by atoms with E-state index in [4.69, 9.17) is 15.1 Å². The van der Waals surface area contributed by atoms with Crippen molar-refractivity contribution in [1.29, 1.82) is 5.26 Å². The molecule has 0 atom stereocenters. The fraction of sp³-hybridized carbons (Fsp3) is 0.273. The number of nitriles is 1. The lowest BCUT2D eigenvalue weighted by Crippen LogP contribution is -2.14. The summed E-state index contributed by atoms with van der Waals surface area (Å²) in [4.78, 5) is 11.0. The molecule has 0 saturated carbocycles. The normalized spacial score (nSPS) is 9.25. The van der Waals surface area contributed by atoms with Gasteiger partial charge in [0.1, 0.15) is 11.8 Å². The van der Waals surface area contributed by atoms with Crippen molar-refractivity contribution in [3.05, 3.63) is 29.8 Å². The molecule has 1 N–H and O–H groups in total. The molecule has 1 rings (SSSR count). The molecule has 0 aliphatic carbocycles. The smallest absolute Gasteiger partial charge is 0.345 e. The summed E-state index contributed by atoms with van der Waals surface area (Å²) in [6.45, 7) is -0.545. The summed E-state index contributed by atoms with van der Waals surface area (Å²) >= 11 is 0. The number of rotatable bonds is 5. The van der Waals surface area contributed by atoms with E-state index in [-0.39, 0.29) is 19.8 Å². The zero-order valence-electron chi connectivity index (χ0n) is 8.55. The summed E-state index contributed by atoms with van der Waals surface area (Å²) in [5.41, 5.74) is 0.763. The zero-order valence-corrected chi connectivity index (χ0v) is 8.55. The lowest BCUT2D eigenvalue weighted by molar-refractivity contribution is -0.144. The van der Waals surface area contributed by atoms with Gasteiger partial charge in [-0.25, -0.2) is 4.79 Å². The topological polar surface area (TPSA) is 79.5 Å². The highest BCUT2D eigenvalue weighted by Gasteiger charge is 2.03. The van der Waals surface area contributed by atoms with Crippen LogP contribution in [0.3, 0.4) is 0 Å². The Morgan fingerprint density at radius 2 is 2.06 bits per heavy atom. The Hall–Kier alpha value is -2.06. The van der Waals surface area contributed by atoms with E-state index in [2.05, 4.69) is 4.74 Å². The molecular formula is C11H11NO4. The summed E-state index contributed by atoms with van der Waals surface area (Å²) < 4.78 is 9.59. The Morgan fingerprint density at radius 1 is 1.38 bits per heavy atom. The van der Waals surface area contributed by atoms with Crippen molar-refractivity contribution >= 4 is 5.97 Å². The first kappa shape index (κ1) is 12.0. The van der Waals surface area contributed by atoms with Crippen LogP contribution in [0, 0.1) is 11.3 Å². The van der Waals surface area contributed by atoms with Crippen LogP contribution in [0.15, 0.2) is 24.3 Å². The SMILES string of the molecule is N#CCOC(=O)COc1ccc(CO)cc1. The van der Waals surface area contributed by atoms with Gasteiger partial charge in [-0.2, -0.15) is 5.26 Å².